The second-order valence-electron chi connectivity index (χ2n) is 4.42. The molecule has 3 N–H and O–H groups in total. The van der Waals surface area contributed by atoms with E-state index in [4.69, 9.17) is 5.11 Å². The molecule has 2 heterocycles. The normalized spacial score (nSPS) is 12.8. The number of fused-ring (bicyclic) bond motifs is 1. The van der Waals surface area contributed by atoms with Crippen LogP contribution in [0.3, 0.4) is 0 Å². The van der Waals surface area contributed by atoms with Crippen molar-refractivity contribution in [2.24, 2.45) is 5.92 Å². The number of aromatic nitrogens is 4. The number of rotatable bonds is 5. The van der Waals surface area contributed by atoms with E-state index in [9.17, 15) is 4.79 Å². The van der Waals surface area contributed by atoms with Gasteiger partial charge in [-0.25, -0.2) is 15.0 Å². The second-order valence-corrected chi connectivity index (χ2v) is 4.42. The van der Waals surface area contributed by atoms with Crippen LogP contribution in [0.5, 0.6) is 0 Å². The molecule has 1 unspecified atom stereocenters. The molecule has 2 aromatic heterocycles. The fraction of sp³-hybridized carbons (Fsp3) is 0.455. The van der Waals surface area contributed by atoms with Gasteiger partial charge in [-0.05, 0) is 5.92 Å². The molecule has 0 aliphatic rings. The third-order valence-electron chi connectivity index (χ3n) is 2.74. The van der Waals surface area contributed by atoms with Crippen LogP contribution in [0.1, 0.15) is 20.3 Å². The smallest absolute Gasteiger partial charge is 0.305 e. The molecule has 0 bridgehead atoms. The molecule has 0 saturated carbocycles. The Kier molecular flexibility index (Phi) is 3.40. The van der Waals surface area contributed by atoms with Crippen molar-refractivity contribution in [3.8, 4) is 0 Å². The van der Waals surface area contributed by atoms with E-state index in [1.165, 1.54) is 12.7 Å². The molecule has 18 heavy (non-hydrogen) atoms. The maximum Gasteiger partial charge on any atom is 0.305 e. The summed E-state index contributed by atoms with van der Waals surface area (Å²) in [5.41, 5.74) is 1.25. The lowest BCUT2D eigenvalue weighted by Crippen LogP contribution is -2.29. The molecule has 0 spiro atoms. The lowest BCUT2D eigenvalue weighted by atomic mass is 10.0. The minimum Gasteiger partial charge on any atom is -0.481 e. The summed E-state index contributed by atoms with van der Waals surface area (Å²) in [6.07, 6.45) is 2.98. The number of aliphatic carboxylic acids is 1. The third kappa shape index (κ3) is 2.55. The molecule has 1 atom stereocenters. The molecule has 0 aliphatic carbocycles. The molecule has 0 aromatic carbocycles. The van der Waals surface area contributed by atoms with Gasteiger partial charge in [0.25, 0.3) is 0 Å². The van der Waals surface area contributed by atoms with E-state index in [0.717, 1.165) is 0 Å². The predicted octanol–water partition coefficient (Wildman–Crippen LogP) is 1.26. The van der Waals surface area contributed by atoms with Gasteiger partial charge in [0.05, 0.1) is 12.7 Å². The van der Waals surface area contributed by atoms with Crippen LogP contribution in [-0.4, -0.2) is 37.1 Å². The number of nitrogens with one attached hydrogen (secondary N) is 2. The molecule has 0 radical (unpaired) electrons. The molecule has 2 aromatic rings. The van der Waals surface area contributed by atoms with Gasteiger partial charge in [-0.2, -0.15) is 0 Å². The fourth-order valence-electron chi connectivity index (χ4n) is 1.69. The maximum absolute atomic E-state index is 10.8. The van der Waals surface area contributed by atoms with Crippen molar-refractivity contribution < 1.29 is 9.90 Å². The van der Waals surface area contributed by atoms with Gasteiger partial charge in [0.1, 0.15) is 11.8 Å². The van der Waals surface area contributed by atoms with Crippen LogP contribution in [0, 0.1) is 5.92 Å². The van der Waals surface area contributed by atoms with E-state index < -0.39 is 5.97 Å². The quantitative estimate of drug-likeness (QED) is 0.737. The zero-order valence-electron chi connectivity index (χ0n) is 10.2. The topological polar surface area (TPSA) is 104 Å². The number of hydrogen-bond acceptors (Lipinski definition) is 5. The Bertz CT molecular complexity index is 551. The minimum atomic E-state index is -0.837. The van der Waals surface area contributed by atoms with E-state index in [2.05, 4.69) is 25.3 Å². The lowest BCUT2D eigenvalue weighted by Gasteiger charge is -2.21. The van der Waals surface area contributed by atoms with Gasteiger partial charge in [-0.15, -0.1) is 0 Å². The van der Waals surface area contributed by atoms with Crippen LogP contribution in [0.4, 0.5) is 5.82 Å². The van der Waals surface area contributed by atoms with Crippen LogP contribution in [0.2, 0.25) is 0 Å². The average molecular weight is 249 g/mol. The summed E-state index contributed by atoms with van der Waals surface area (Å²) >= 11 is 0. The van der Waals surface area contributed by atoms with E-state index in [1.807, 2.05) is 13.8 Å². The molecule has 2 rings (SSSR count). The highest BCUT2D eigenvalue weighted by molar-refractivity contribution is 5.82. The molecular formula is C11H15N5O2. The predicted molar refractivity (Wildman–Crippen MR) is 66.2 cm³/mol. The number of carbonyl (C=O) groups is 1. The van der Waals surface area contributed by atoms with Gasteiger partial charge in [-0.1, -0.05) is 13.8 Å². The zero-order chi connectivity index (χ0) is 13.1. The van der Waals surface area contributed by atoms with Crippen molar-refractivity contribution in [3.63, 3.8) is 0 Å². The Labute approximate surface area is 104 Å². The standard InChI is InChI=1S/C11H15N5O2/c1-6(2)7(3-8(17)18)16-11-9-10(13-4-12-9)14-5-15-11/h4-7H,3H2,1-2H3,(H,17,18)(H2,12,13,14,15,16). The number of H-pyrrole nitrogens is 1. The van der Waals surface area contributed by atoms with Crippen molar-refractivity contribution in [2.75, 3.05) is 5.32 Å². The van der Waals surface area contributed by atoms with Gasteiger partial charge in [-0.3, -0.25) is 4.79 Å². The van der Waals surface area contributed by atoms with Crippen LogP contribution in [0.15, 0.2) is 12.7 Å². The van der Waals surface area contributed by atoms with E-state index in [0.29, 0.717) is 17.0 Å². The highest BCUT2D eigenvalue weighted by Gasteiger charge is 2.19. The van der Waals surface area contributed by atoms with Crippen LogP contribution in [-0.2, 0) is 4.79 Å². The molecule has 96 valence electrons. The van der Waals surface area contributed by atoms with Crippen LogP contribution in [0.25, 0.3) is 11.2 Å². The Balaban J connectivity index is 2.25. The van der Waals surface area contributed by atoms with Crippen LogP contribution >= 0.6 is 0 Å². The number of carboxylic acids is 1. The van der Waals surface area contributed by atoms with Crippen molar-refractivity contribution in [1.82, 2.24) is 19.9 Å². The zero-order valence-corrected chi connectivity index (χ0v) is 10.2. The number of carboxylic acid groups (broad SMARTS) is 1. The highest BCUT2D eigenvalue weighted by atomic mass is 16.4. The molecule has 0 amide bonds. The van der Waals surface area contributed by atoms with E-state index in [-0.39, 0.29) is 18.4 Å². The first kappa shape index (κ1) is 12.3. The van der Waals surface area contributed by atoms with Gasteiger partial charge < -0.3 is 15.4 Å². The Morgan fingerprint density at radius 2 is 2.22 bits per heavy atom. The van der Waals surface area contributed by atoms with Gasteiger partial charge >= 0.3 is 5.97 Å². The van der Waals surface area contributed by atoms with Crippen molar-refractivity contribution in [2.45, 2.75) is 26.3 Å². The van der Waals surface area contributed by atoms with E-state index >= 15 is 0 Å². The molecule has 0 fully saturated rings. The Morgan fingerprint density at radius 3 is 2.89 bits per heavy atom. The Morgan fingerprint density at radius 1 is 1.44 bits per heavy atom. The largest absolute Gasteiger partial charge is 0.481 e. The number of aromatic amines is 1. The van der Waals surface area contributed by atoms with Crippen molar-refractivity contribution >= 4 is 23.0 Å². The molecule has 7 heteroatoms. The average Bonchev–Trinajstić information content (AvgIpc) is 2.76. The summed E-state index contributed by atoms with van der Waals surface area (Å²) in [5.74, 6) is -0.0809. The summed E-state index contributed by atoms with van der Waals surface area (Å²) in [4.78, 5) is 25.9. The summed E-state index contributed by atoms with van der Waals surface area (Å²) in [6, 6.07) is -0.191. The fourth-order valence-corrected chi connectivity index (χ4v) is 1.69. The van der Waals surface area contributed by atoms with Gasteiger partial charge in [0.15, 0.2) is 11.5 Å². The van der Waals surface area contributed by atoms with Crippen molar-refractivity contribution in [3.05, 3.63) is 12.7 Å². The molecule has 0 aliphatic heterocycles. The van der Waals surface area contributed by atoms with Crippen molar-refractivity contribution in [1.29, 1.82) is 0 Å². The SMILES string of the molecule is CC(C)C(CC(=O)O)Nc1ncnc2nc[nH]c12. The first-order valence-electron chi connectivity index (χ1n) is 5.70. The molecular weight excluding hydrogens is 234 g/mol. The minimum absolute atomic E-state index is 0.0390. The number of imidazole rings is 1. The summed E-state index contributed by atoms with van der Waals surface area (Å²) < 4.78 is 0. The monoisotopic (exact) mass is 249 g/mol. The number of anilines is 1. The maximum atomic E-state index is 10.8. The first-order valence-corrected chi connectivity index (χ1v) is 5.70. The first-order chi connectivity index (χ1) is 8.58. The summed E-state index contributed by atoms with van der Waals surface area (Å²) in [5, 5.41) is 12.0. The molecule has 0 saturated heterocycles. The second kappa shape index (κ2) is 4.99. The van der Waals surface area contributed by atoms with E-state index in [1.54, 1.807) is 0 Å². The summed E-state index contributed by atoms with van der Waals surface area (Å²) in [6.45, 7) is 3.93. The van der Waals surface area contributed by atoms with Crippen LogP contribution < -0.4 is 5.32 Å². The lowest BCUT2D eigenvalue weighted by molar-refractivity contribution is -0.137. The Hall–Kier alpha value is -2.18. The third-order valence-corrected chi connectivity index (χ3v) is 2.74. The number of nitrogens with zero attached hydrogens (tertiary/aromatic N) is 3. The molecule has 7 nitrogen and oxygen atoms in total. The highest BCUT2D eigenvalue weighted by Crippen LogP contribution is 2.19. The van der Waals surface area contributed by atoms with Gasteiger partial charge in [0.2, 0.25) is 0 Å². The number of hydrogen-bond donors (Lipinski definition) is 3. The summed E-state index contributed by atoms with van der Waals surface area (Å²) in [7, 11) is 0. The van der Waals surface area contributed by atoms with Gasteiger partial charge in [0, 0.05) is 6.04 Å².